The van der Waals surface area contributed by atoms with Crippen molar-refractivity contribution < 1.29 is 14.3 Å². The fourth-order valence-corrected chi connectivity index (χ4v) is 3.60. The largest absolute Gasteiger partial charge is 0.496 e. The standard InChI is InChI=1S/C22H26ClN3O3/c1-24(2)18-8-5-16(6-9-18)21(27)25-11-4-12-26(14-13-25)22(28)19-15-17(23)7-10-20(19)29-3/h5-10,15H,4,11-14H2,1-3H3. The molecule has 0 aromatic heterocycles. The van der Waals surface area contributed by atoms with E-state index in [4.69, 9.17) is 16.3 Å². The molecule has 2 amide bonds. The number of nitrogens with zero attached hydrogens (tertiary/aromatic N) is 3. The van der Waals surface area contributed by atoms with Crippen LogP contribution in [0.2, 0.25) is 5.02 Å². The van der Waals surface area contributed by atoms with Crippen LogP contribution in [-0.4, -0.2) is 69.0 Å². The number of hydrogen-bond donors (Lipinski definition) is 0. The van der Waals surface area contributed by atoms with Crippen LogP contribution in [0.1, 0.15) is 27.1 Å². The van der Waals surface area contributed by atoms with Crippen LogP contribution >= 0.6 is 11.6 Å². The summed E-state index contributed by atoms with van der Waals surface area (Å²) in [6.07, 6.45) is 0.718. The SMILES string of the molecule is COc1ccc(Cl)cc1C(=O)N1CCCN(C(=O)c2ccc(N(C)C)cc2)CC1. The molecule has 0 atom stereocenters. The first-order valence-electron chi connectivity index (χ1n) is 9.60. The lowest BCUT2D eigenvalue weighted by Crippen LogP contribution is -2.37. The van der Waals surface area contributed by atoms with Crippen LogP contribution in [0, 0.1) is 0 Å². The second kappa shape index (κ2) is 9.18. The van der Waals surface area contributed by atoms with E-state index in [0.717, 1.165) is 12.1 Å². The molecular weight excluding hydrogens is 390 g/mol. The summed E-state index contributed by atoms with van der Waals surface area (Å²) in [6, 6.07) is 12.6. The number of carbonyl (C=O) groups is 2. The summed E-state index contributed by atoms with van der Waals surface area (Å²) in [5, 5.41) is 0.488. The van der Waals surface area contributed by atoms with Gasteiger partial charge in [-0.3, -0.25) is 9.59 Å². The van der Waals surface area contributed by atoms with Crippen molar-refractivity contribution in [2.75, 3.05) is 52.3 Å². The molecule has 1 aliphatic heterocycles. The first kappa shape index (κ1) is 21.0. The number of benzene rings is 2. The van der Waals surface area contributed by atoms with Crippen molar-refractivity contribution in [3.63, 3.8) is 0 Å². The predicted molar refractivity (Wildman–Crippen MR) is 115 cm³/mol. The van der Waals surface area contributed by atoms with E-state index in [1.54, 1.807) is 23.1 Å². The van der Waals surface area contributed by atoms with Gasteiger partial charge >= 0.3 is 0 Å². The highest BCUT2D eigenvalue weighted by Crippen LogP contribution is 2.25. The van der Waals surface area contributed by atoms with E-state index in [9.17, 15) is 9.59 Å². The van der Waals surface area contributed by atoms with Crippen molar-refractivity contribution in [1.29, 1.82) is 0 Å². The summed E-state index contributed by atoms with van der Waals surface area (Å²) in [5.74, 6) is 0.358. The molecule has 1 heterocycles. The summed E-state index contributed by atoms with van der Waals surface area (Å²) in [5.41, 5.74) is 2.15. The van der Waals surface area contributed by atoms with Gasteiger partial charge in [0.15, 0.2) is 0 Å². The smallest absolute Gasteiger partial charge is 0.257 e. The van der Waals surface area contributed by atoms with Crippen molar-refractivity contribution in [3.05, 3.63) is 58.6 Å². The Morgan fingerprint density at radius 1 is 0.931 bits per heavy atom. The Morgan fingerprint density at radius 3 is 2.14 bits per heavy atom. The monoisotopic (exact) mass is 415 g/mol. The van der Waals surface area contributed by atoms with Gasteiger partial charge in [0.05, 0.1) is 12.7 Å². The molecule has 0 saturated carbocycles. The highest BCUT2D eigenvalue weighted by Gasteiger charge is 2.25. The number of rotatable bonds is 4. The molecule has 1 saturated heterocycles. The number of anilines is 1. The van der Waals surface area contributed by atoms with Gasteiger partial charge in [-0.05, 0) is 48.9 Å². The summed E-state index contributed by atoms with van der Waals surface area (Å²) in [4.78, 5) is 31.5. The summed E-state index contributed by atoms with van der Waals surface area (Å²) < 4.78 is 5.31. The van der Waals surface area contributed by atoms with E-state index in [1.165, 1.54) is 7.11 Å². The van der Waals surface area contributed by atoms with Crippen molar-refractivity contribution >= 4 is 29.1 Å². The molecule has 0 N–H and O–H groups in total. The van der Waals surface area contributed by atoms with Crippen LogP contribution in [0.4, 0.5) is 5.69 Å². The van der Waals surface area contributed by atoms with Crippen LogP contribution in [-0.2, 0) is 0 Å². The Kier molecular flexibility index (Phi) is 6.64. The van der Waals surface area contributed by atoms with Gasteiger partial charge in [-0.2, -0.15) is 0 Å². The van der Waals surface area contributed by atoms with E-state index in [0.29, 0.717) is 48.1 Å². The first-order chi connectivity index (χ1) is 13.9. The average Bonchev–Trinajstić information content (AvgIpc) is 2.99. The summed E-state index contributed by atoms with van der Waals surface area (Å²) in [7, 11) is 5.46. The van der Waals surface area contributed by atoms with Crippen LogP contribution in [0.25, 0.3) is 0 Å². The molecular formula is C22H26ClN3O3. The second-order valence-corrected chi connectivity index (χ2v) is 7.66. The van der Waals surface area contributed by atoms with Crippen molar-refractivity contribution in [3.8, 4) is 5.75 Å². The van der Waals surface area contributed by atoms with E-state index in [-0.39, 0.29) is 11.8 Å². The zero-order chi connectivity index (χ0) is 21.0. The maximum absolute atomic E-state index is 13.0. The Bertz CT molecular complexity index is 883. The fraction of sp³-hybridized carbons (Fsp3) is 0.364. The molecule has 0 bridgehead atoms. The number of ether oxygens (including phenoxy) is 1. The lowest BCUT2D eigenvalue weighted by Gasteiger charge is -2.23. The van der Waals surface area contributed by atoms with Gasteiger partial charge in [-0.15, -0.1) is 0 Å². The van der Waals surface area contributed by atoms with Crippen LogP contribution in [0.5, 0.6) is 5.75 Å². The molecule has 0 radical (unpaired) electrons. The molecule has 0 aliphatic carbocycles. The molecule has 0 unspecified atom stereocenters. The summed E-state index contributed by atoms with van der Waals surface area (Å²) in [6.45, 7) is 2.15. The van der Waals surface area contributed by atoms with E-state index in [2.05, 4.69) is 0 Å². The average molecular weight is 416 g/mol. The zero-order valence-electron chi connectivity index (χ0n) is 17.0. The van der Waals surface area contributed by atoms with Gasteiger partial charge in [-0.25, -0.2) is 0 Å². The van der Waals surface area contributed by atoms with Gasteiger partial charge in [0.1, 0.15) is 5.75 Å². The van der Waals surface area contributed by atoms with Crippen molar-refractivity contribution in [1.82, 2.24) is 9.80 Å². The predicted octanol–water partition coefficient (Wildman–Crippen LogP) is 3.40. The Hall–Kier alpha value is -2.73. The fourth-order valence-electron chi connectivity index (χ4n) is 3.43. The van der Waals surface area contributed by atoms with Gasteiger partial charge in [0.25, 0.3) is 11.8 Å². The molecule has 0 spiro atoms. The molecule has 1 fully saturated rings. The number of hydrogen-bond acceptors (Lipinski definition) is 4. The van der Waals surface area contributed by atoms with E-state index < -0.39 is 0 Å². The maximum Gasteiger partial charge on any atom is 0.257 e. The second-order valence-electron chi connectivity index (χ2n) is 7.22. The van der Waals surface area contributed by atoms with Crippen LogP contribution < -0.4 is 9.64 Å². The van der Waals surface area contributed by atoms with Crippen molar-refractivity contribution in [2.24, 2.45) is 0 Å². The molecule has 6 nitrogen and oxygen atoms in total. The minimum absolute atomic E-state index is 0.00931. The van der Waals surface area contributed by atoms with E-state index >= 15 is 0 Å². The molecule has 2 aromatic rings. The maximum atomic E-state index is 13.0. The third-order valence-electron chi connectivity index (χ3n) is 5.09. The number of methoxy groups -OCH3 is 1. The lowest BCUT2D eigenvalue weighted by molar-refractivity contribution is 0.0717. The first-order valence-corrected chi connectivity index (χ1v) is 9.98. The quantitative estimate of drug-likeness (QED) is 0.768. The Labute approximate surface area is 176 Å². The third-order valence-corrected chi connectivity index (χ3v) is 5.33. The third kappa shape index (κ3) is 4.82. The lowest BCUT2D eigenvalue weighted by atomic mass is 10.1. The topological polar surface area (TPSA) is 53.1 Å². The van der Waals surface area contributed by atoms with Gasteiger partial charge in [0.2, 0.25) is 0 Å². The normalized spacial score (nSPS) is 14.3. The Balaban J connectivity index is 1.69. The highest BCUT2D eigenvalue weighted by atomic mass is 35.5. The summed E-state index contributed by atoms with van der Waals surface area (Å²) >= 11 is 6.07. The minimum Gasteiger partial charge on any atom is -0.496 e. The molecule has 1 aliphatic rings. The Morgan fingerprint density at radius 2 is 1.55 bits per heavy atom. The number of amides is 2. The number of carbonyl (C=O) groups excluding carboxylic acids is 2. The minimum atomic E-state index is -0.131. The molecule has 2 aromatic carbocycles. The molecule has 7 heteroatoms. The molecule has 154 valence electrons. The number of halogens is 1. The molecule has 29 heavy (non-hydrogen) atoms. The van der Waals surface area contributed by atoms with Gasteiger partial charge in [-0.1, -0.05) is 11.6 Å². The van der Waals surface area contributed by atoms with Gasteiger partial charge < -0.3 is 19.4 Å². The van der Waals surface area contributed by atoms with Gasteiger partial charge in [0, 0.05) is 56.5 Å². The molecule has 3 rings (SSSR count). The zero-order valence-corrected chi connectivity index (χ0v) is 17.8. The van der Waals surface area contributed by atoms with Crippen LogP contribution in [0.3, 0.4) is 0 Å². The highest BCUT2D eigenvalue weighted by molar-refractivity contribution is 6.31. The van der Waals surface area contributed by atoms with E-state index in [1.807, 2.05) is 48.2 Å². The van der Waals surface area contributed by atoms with Crippen molar-refractivity contribution in [2.45, 2.75) is 6.42 Å². The van der Waals surface area contributed by atoms with Crippen LogP contribution in [0.15, 0.2) is 42.5 Å².